The van der Waals surface area contributed by atoms with Gasteiger partial charge in [0.25, 0.3) is 0 Å². The Bertz CT molecular complexity index is 3250. The molecule has 9 aromatic carbocycles. The van der Waals surface area contributed by atoms with Gasteiger partial charge in [-0.2, -0.15) is 0 Å². The van der Waals surface area contributed by atoms with Crippen molar-refractivity contribution in [2.75, 3.05) is 4.90 Å². The minimum atomic E-state index is -0.138. The maximum Gasteiger partial charge on any atom is 0.136 e. The van der Waals surface area contributed by atoms with Crippen molar-refractivity contribution in [2.24, 2.45) is 0 Å². The Hall–Kier alpha value is -6.90. The van der Waals surface area contributed by atoms with Crippen LogP contribution in [0.25, 0.3) is 76.9 Å². The molecule has 0 saturated carbocycles. The highest BCUT2D eigenvalue weighted by molar-refractivity contribution is 6.28. The second-order valence-corrected chi connectivity index (χ2v) is 17.3. The van der Waals surface area contributed by atoms with Crippen molar-refractivity contribution in [3.05, 3.63) is 198 Å². The minimum Gasteiger partial charge on any atom is -0.456 e. The number of benzene rings is 9. The van der Waals surface area contributed by atoms with Crippen LogP contribution in [-0.4, -0.2) is 0 Å². The zero-order valence-electron chi connectivity index (χ0n) is 33.1. The Labute approximate surface area is 338 Å². The van der Waals surface area contributed by atoms with Crippen LogP contribution in [0.15, 0.2) is 180 Å². The van der Waals surface area contributed by atoms with Gasteiger partial charge in [0.15, 0.2) is 0 Å². The molecule has 0 fully saturated rings. The van der Waals surface area contributed by atoms with Crippen LogP contribution < -0.4 is 4.90 Å². The first-order chi connectivity index (χ1) is 28.3. The molecule has 0 atom stereocenters. The van der Waals surface area contributed by atoms with E-state index in [4.69, 9.17) is 4.42 Å². The van der Waals surface area contributed by atoms with E-state index in [-0.39, 0.29) is 10.8 Å². The van der Waals surface area contributed by atoms with Gasteiger partial charge >= 0.3 is 0 Å². The summed E-state index contributed by atoms with van der Waals surface area (Å²) in [6.45, 7) is 9.47. The van der Waals surface area contributed by atoms with Gasteiger partial charge in [-0.25, -0.2) is 0 Å². The Balaban J connectivity index is 1.12. The molecule has 0 unspecified atom stereocenters. The van der Waals surface area contributed by atoms with Crippen molar-refractivity contribution in [1.82, 2.24) is 0 Å². The molecule has 0 amide bonds. The summed E-state index contributed by atoms with van der Waals surface area (Å²) in [6, 6.07) is 65.1. The maximum absolute atomic E-state index is 6.79. The summed E-state index contributed by atoms with van der Waals surface area (Å²) in [7, 11) is 0. The van der Waals surface area contributed by atoms with Gasteiger partial charge in [-0.1, -0.05) is 161 Å². The number of para-hydroxylation sites is 1. The molecular weight excluding hydrogens is 703 g/mol. The number of fused-ring (bicyclic) bond motifs is 13. The monoisotopic (exact) mass is 743 g/mol. The number of nitrogens with zero attached hydrogens (tertiary/aromatic N) is 1. The Kier molecular flexibility index (Phi) is 6.78. The molecule has 12 rings (SSSR count). The van der Waals surface area contributed by atoms with Crippen molar-refractivity contribution < 1.29 is 4.42 Å². The molecule has 0 spiro atoms. The standard InChI is InChI=1S/C56H41NO/c1-55(2)46-22-12-9-18-39(46)41-28-26-35(31-48(41)55)57(36-27-29-42-40-19-10-13-23-47(40)56(3,4)49(42)32-36)50-24-14-11-20-43(50)45-33-52-54(44-21-8-7-17-38(44)45)53-37-16-6-5-15-34(37)25-30-51(53)58-52/h5-33H,1-4H3. The zero-order valence-corrected chi connectivity index (χ0v) is 33.1. The Morgan fingerprint density at radius 1 is 0.362 bits per heavy atom. The lowest BCUT2D eigenvalue weighted by Gasteiger charge is -2.31. The number of hydrogen-bond donors (Lipinski definition) is 0. The molecule has 2 aliphatic carbocycles. The fourth-order valence-electron chi connectivity index (χ4n) is 10.6. The van der Waals surface area contributed by atoms with E-state index in [1.54, 1.807) is 0 Å². The average molecular weight is 744 g/mol. The van der Waals surface area contributed by atoms with Gasteiger partial charge in [0.2, 0.25) is 0 Å². The number of furan rings is 1. The molecule has 0 bridgehead atoms. The third kappa shape index (κ3) is 4.49. The smallest absolute Gasteiger partial charge is 0.136 e. The molecule has 276 valence electrons. The van der Waals surface area contributed by atoms with Crippen LogP contribution in [0.5, 0.6) is 0 Å². The zero-order chi connectivity index (χ0) is 38.9. The van der Waals surface area contributed by atoms with Crippen LogP contribution in [-0.2, 0) is 10.8 Å². The van der Waals surface area contributed by atoms with Crippen LogP contribution in [0.4, 0.5) is 17.1 Å². The SMILES string of the molecule is CC1(C)c2ccccc2-c2ccc(N(c3ccc4c(c3)C(C)(C)c3ccccc3-4)c3ccccc3-c3cc4oc5ccc6ccccc6c5c4c4ccccc34)cc21. The van der Waals surface area contributed by atoms with Crippen molar-refractivity contribution >= 4 is 60.5 Å². The van der Waals surface area contributed by atoms with Gasteiger partial charge in [-0.15, -0.1) is 0 Å². The van der Waals surface area contributed by atoms with E-state index in [1.165, 1.54) is 76.8 Å². The molecule has 58 heavy (non-hydrogen) atoms. The number of anilines is 3. The van der Waals surface area contributed by atoms with E-state index in [0.717, 1.165) is 39.4 Å². The van der Waals surface area contributed by atoms with Crippen LogP contribution in [0.3, 0.4) is 0 Å². The summed E-state index contributed by atoms with van der Waals surface area (Å²) >= 11 is 0. The molecule has 0 N–H and O–H groups in total. The fraction of sp³-hybridized carbons (Fsp3) is 0.107. The van der Waals surface area contributed by atoms with E-state index < -0.39 is 0 Å². The van der Waals surface area contributed by atoms with E-state index in [1.807, 2.05) is 0 Å². The third-order valence-corrected chi connectivity index (χ3v) is 13.5. The summed E-state index contributed by atoms with van der Waals surface area (Å²) < 4.78 is 6.79. The lowest BCUT2D eigenvalue weighted by atomic mass is 9.82. The normalized spacial score (nSPS) is 14.5. The van der Waals surface area contributed by atoms with E-state index >= 15 is 0 Å². The predicted molar refractivity (Wildman–Crippen MR) is 244 cm³/mol. The predicted octanol–water partition coefficient (Wildman–Crippen LogP) is 15.6. The van der Waals surface area contributed by atoms with Crippen molar-refractivity contribution in [3.8, 4) is 33.4 Å². The van der Waals surface area contributed by atoms with Gasteiger partial charge in [0, 0.05) is 38.5 Å². The van der Waals surface area contributed by atoms with Crippen LogP contribution >= 0.6 is 0 Å². The van der Waals surface area contributed by atoms with Crippen molar-refractivity contribution in [2.45, 2.75) is 38.5 Å². The summed E-state index contributed by atoms with van der Waals surface area (Å²) in [5.41, 5.74) is 18.0. The second kappa shape index (κ2) is 11.8. The first-order valence-electron chi connectivity index (χ1n) is 20.4. The van der Waals surface area contributed by atoms with Crippen LogP contribution in [0.1, 0.15) is 49.9 Å². The molecule has 0 saturated heterocycles. The highest BCUT2D eigenvalue weighted by Gasteiger charge is 2.38. The highest BCUT2D eigenvalue weighted by atomic mass is 16.3. The molecule has 0 aliphatic heterocycles. The molecule has 1 heterocycles. The maximum atomic E-state index is 6.79. The number of hydrogen-bond acceptors (Lipinski definition) is 2. The molecule has 2 nitrogen and oxygen atoms in total. The number of rotatable bonds is 4. The van der Waals surface area contributed by atoms with E-state index in [9.17, 15) is 0 Å². The molecule has 0 radical (unpaired) electrons. The molecule has 1 aromatic heterocycles. The molecular formula is C56H41NO. The Morgan fingerprint density at radius 3 is 1.52 bits per heavy atom. The highest BCUT2D eigenvalue weighted by Crippen LogP contribution is 2.54. The first-order valence-corrected chi connectivity index (χ1v) is 20.4. The lowest BCUT2D eigenvalue weighted by molar-refractivity contribution is 0.660. The van der Waals surface area contributed by atoms with Gasteiger partial charge in [-0.3, -0.25) is 0 Å². The Morgan fingerprint density at radius 2 is 0.862 bits per heavy atom. The molecule has 2 aliphatic rings. The second-order valence-electron chi connectivity index (χ2n) is 17.3. The summed E-state index contributed by atoms with van der Waals surface area (Å²) in [5, 5.41) is 7.17. The third-order valence-electron chi connectivity index (χ3n) is 13.5. The summed E-state index contributed by atoms with van der Waals surface area (Å²) in [4.78, 5) is 2.50. The average Bonchev–Trinajstić information content (AvgIpc) is 3.84. The van der Waals surface area contributed by atoms with E-state index in [0.29, 0.717) is 0 Å². The topological polar surface area (TPSA) is 16.4 Å². The van der Waals surface area contributed by atoms with Gasteiger partial charge < -0.3 is 9.32 Å². The van der Waals surface area contributed by atoms with Gasteiger partial charge in [0.05, 0.1) is 5.69 Å². The van der Waals surface area contributed by atoms with Gasteiger partial charge in [-0.05, 0) is 114 Å². The van der Waals surface area contributed by atoms with Crippen molar-refractivity contribution in [3.63, 3.8) is 0 Å². The fourth-order valence-corrected chi connectivity index (χ4v) is 10.6. The summed E-state index contributed by atoms with van der Waals surface area (Å²) in [6.07, 6.45) is 0. The first kappa shape index (κ1) is 33.3. The molecule has 2 heteroatoms. The summed E-state index contributed by atoms with van der Waals surface area (Å²) in [5.74, 6) is 0. The van der Waals surface area contributed by atoms with Crippen molar-refractivity contribution in [1.29, 1.82) is 0 Å². The van der Waals surface area contributed by atoms with Gasteiger partial charge in [0.1, 0.15) is 11.2 Å². The van der Waals surface area contributed by atoms with Crippen LogP contribution in [0, 0.1) is 0 Å². The largest absolute Gasteiger partial charge is 0.456 e. The molecule has 10 aromatic rings. The van der Waals surface area contributed by atoms with Crippen LogP contribution in [0.2, 0.25) is 0 Å². The lowest BCUT2D eigenvalue weighted by Crippen LogP contribution is -2.18. The minimum absolute atomic E-state index is 0.138. The van der Waals surface area contributed by atoms with E-state index in [2.05, 4.69) is 209 Å². The quantitative estimate of drug-likeness (QED) is 0.178.